The van der Waals surface area contributed by atoms with Gasteiger partial charge in [0.2, 0.25) is 11.9 Å². The standard InChI is InChI=1S/C5H8N6O2/c1-13-5(12)11-10-4-8-2-7-3(6)9-4/h2H,1H3,(H,11,12)(H3,6,7,8,9,10). The third-order valence-corrected chi connectivity index (χ3v) is 1.05. The quantitative estimate of drug-likeness (QED) is 0.512. The second-order valence-corrected chi connectivity index (χ2v) is 1.91. The van der Waals surface area contributed by atoms with E-state index in [-0.39, 0.29) is 11.9 Å². The normalized spacial score (nSPS) is 9.00. The van der Waals surface area contributed by atoms with Gasteiger partial charge in [0.15, 0.2) is 0 Å². The summed E-state index contributed by atoms with van der Waals surface area (Å²) < 4.78 is 4.29. The third-order valence-electron chi connectivity index (χ3n) is 1.05. The van der Waals surface area contributed by atoms with Crippen molar-refractivity contribution < 1.29 is 9.53 Å². The highest BCUT2D eigenvalue weighted by molar-refractivity contribution is 5.68. The molecule has 0 radical (unpaired) electrons. The first-order valence-corrected chi connectivity index (χ1v) is 3.27. The Balaban J connectivity index is 2.50. The number of nitrogens with two attached hydrogens (primary N) is 1. The molecule has 1 heterocycles. The van der Waals surface area contributed by atoms with Crippen LogP contribution in [0.4, 0.5) is 16.7 Å². The highest BCUT2D eigenvalue weighted by Gasteiger charge is 1.99. The van der Waals surface area contributed by atoms with E-state index in [1.54, 1.807) is 0 Å². The van der Waals surface area contributed by atoms with Gasteiger partial charge in [-0.2, -0.15) is 9.97 Å². The molecule has 0 saturated heterocycles. The number of carbonyl (C=O) groups excluding carboxylic acids is 1. The van der Waals surface area contributed by atoms with E-state index in [0.29, 0.717) is 0 Å². The number of aromatic nitrogens is 3. The van der Waals surface area contributed by atoms with Crippen molar-refractivity contribution in [3.8, 4) is 0 Å². The molecule has 8 nitrogen and oxygen atoms in total. The van der Waals surface area contributed by atoms with Crippen molar-refractivity contribution in [3.63, 3.8) is 0 Å². The summed E-state index contributed by atoms with van der Waals surface area (Å²) in [7, 11) is 1.23. The predicted molar refractivity (Wildman–Crippen MR) is 43.4 cm³/mol. The molecule has 8 heteroatoms. The number of methoxy groups -OCH3 is 1. The Morgan fingerprint density at radius 2 is 2.38 bits per heavy atom. The number of carbonyl (C=O) groups is 1. The number of amides is 1. The molecule has 0 unspecified atom stereocenters. The Morgan fingerprint density at radius 1 is 1.62 bits per heavy atom. The Kier molecular flexibility index (Phi) is 2.79. The van der Waals surface area contributed by atoms with Crippen molar-refractivity contribution in [1.29, 1.82) is 0 Å². The van der Waals surface area contributed by atoms with E-state index in [2.05, 4.69) is 30.5 Å². The molecule has 1 aromatic rings. The molecule has 4 N–H and O–H groups in total. The molecule has 0 bridgehead atoms. The monoisotopic (exact) mass is 184 g/mol. The predicted octanol–water partition coefficient (Wildman–Crippen LogP) is -0.863. The number of anilines is 2. The SMILES string of the molecule is COC(=O)NNc1ncnc(N)n1. The van der Waals surface area contributed by atoms with Crippen LogP contribution in [-0.2, 0) is 4.74 Å². The summed E-state index contributed by atoms with van der Waals surface area (Å²) in [6.07, 6.45) is 0.558. The van der Waals surface area contributed by atoms with E-state index in [9.17, 15) is 4.79 Å². The van der Waals surface area contributed by atoms with Crippen LogP contribution in [0.1, 0.15) is 0 Å². The average molecular weight is 184 g/mol. The van der Waals surface area contributed by atoms with Crippen molar-refractivity contribution in [1.82, 2.24) is 20.4 Å². The first-order chi connectivity index (χ1) is 6.22. The van der Waals surface area contributed by atoms with Crippen LogP contribution in [0.3, 0.4) is 0 Å². The molecular weight excluding hydrogens is 176 g/mol. The maximum absolute atomic E-state index is 10.6. The summed E-state index contributed by atoms with van der Waals surface area (Å²) in [5.41, 5.74) is 9.78. The van der Waals surface area contributed by atoms with Crippen LogP contribution >= 0.6 is 0 Å². The number of hydrazine groups is 1. The minimum absolute atomic E-state index is 0.0594. The first-order valence-electron chi connectivity index (χ1n) is 3.27. The van der Waals surface area contributed by atoms with E-state index < -0.39 is 6.09 Å². The number of nitrogens with zero attached hydrogens (tertiary/aromatic N) is 3. The molecule has 1 rings (SSSR count). The van der Waals surface area contributed by atoms with Gasteiger partial charge in [0.1, 0.15) is 6.33 Å². The molecule has 1 aromatic heterocycles. The van der Waals surface area contributed by atoms with Crippen molar-refractivity contribution in [2.75, 3.05) is 18.3 Å². The van der Waals surface area contributed by atoms with Crippen LogP contribution in [0, 0.1) is 0 Å². The molecule has 0 atom stereocenters. The maximum atomic E-state index is 10.6. The van der Waals surface area contributed by atoms with Gasteiger partial charge in [-0.05, 0) is 0 Å². The molecule has 1 amide bonds. The number of nitrogen functional groups attached to an aromatic ring is 1. The Morgan fingerprint density at radius 3 is 3.00 bits per heavy atom. The minimum Gasteiger partial charge on any atom is -0.452 e. The van der Waals surface area contributed by atoms with E-state index in [4.69, 9.17) is 5.73 Å². The summed E-state index contributed by atoms with van der Waals surface area (Å²) in [5, 5.41) is 0. The summed E-state index contributed by atoms with van der Waals surface area (Å²) in [6.45, 7) is 0. The smallest absolute Gasteiger partial charge is 0.425 e. The van der Waals surface area contributed by atoms with Gasteiger partial charge in [-0.25, -0.2) is 15.2 Å². The third kappa shape index (κ3) is 2.77. The lowest BCUT2D eigenvalue weighted by Crippen LogP contribution is -2.30. The summed E-state index contributed by atoms with van der Waals surface area (Å²) in [6, 6.07) is 0. The van der Waals surface area contributed by atoms with Crippen LogP contribution in [0.2, 0.25) is 0 Å². The van der Waals surface area contributed by atoms with Crippen molar-refractivity contribution in [2.24, 2.45) is 0 Å². The Hall–Kier alpha value is -2.12. The van der Waals surface area contributed by atoms with Gasteiger partial charge in [0.25, 0.3) is 0 Å². The fraction of sp³-hybridized carbons (Fsp3) is 0.200. The first kappa shape index (κ1) is 8.97. The van der Waals surface area contributed by atoms with Gasteiger partial charge in [0, 0.05) is 0 Å². The highest BCUT2D eigenvalue weighted by Crippen LogP contribution is 1.94. The number of ether oxygens (including phenoxy) is 1. The summed E-state index contributed by atoms with van der Waals surface area (Å²) in [4.78, 5) is 21.4. The molecule has 0 aromatic carbocycles. The topological polar surface area (TPSA) is 115 Å². The summed E-state index contributed by atoms with van der Waals surface area (Å²) in [5.74, 6) is 0.196. The summed E-state index contributed by atoms with van der Waals surface area (Å²) >= 11 is 0. The van der Waals surface area contributed by atoms with Crippen LogP contribution in [0.5, 0.6) is 0 Å². The molecule has 0 aliphatic rings. The van der Waals surface area contributed by atoms with Gasteiger partial charge in [-0.1, -0.05) is 0 Å². The average Bonchev–Trinajstić information content (AvgIpc) is 2.14. The maximum Gasteiger partial charge on any atom is 0.425 e. The zero-order valence-electron chi connectivity index (χ0n) is 6.81. The van der Waals surface area contributed by atoms with Crippen LogP contribution in [0.15, 0.2) is 6.33 Å². The molecule has 0 aliphatic carbocycles. The number of hydrogen-bond donors (Lipinski definition) is 3. The van der Waals surface area contributed by atoms with E-state index in [0.717, 1.165) is 0 Å². The van der Waals surface area contributed by atoms with E-state index >= 15 is 0 Å². The zero-order chi connectivity index (χ0) is 9.68. The molecular formula is C5H8N6O2. The highest BCUT2D eigenvalue weighted by atomic mass is 16.5. The van der Waals surface area contributed by atoms with Crippen molar-refractivity contribution >= 4 is 18.0 Å². The fourth-order valence-corrected chi connectivity index (χ4v) is 0.527. The lowest BCUT2D eigenvalue weighted by molar-refractivity contribution is 0.173. The lowest BCUT2D eigenvalue weighted by Gasteiger charge is -2.04. The lowest BCUT2D eigenvalue weighted by atomic mass is 10.9. The molecule has 0 spiro atoms. The fourth-order valence-electron chi connectivity index (χ4n) is 0.527. The largest absolute Gasteiger partial charge is 0.452 e. The number of rotatable bonds is 2. The van der Waals surface area contributed by atoms with Gasteiger partial charge < -0.3 is 10.5 Å². The molecule has 70 valence electrons. The van der Waals surface area contributed by atoms with Crippen LogP contribution < -0.4 is 16.6 Å². The van der Waals surface area contributed by atoms with E-state index in [1.807, 2.05) is 0 Å². The molecule has 0 aliphatic heterocycles. The van der Waals surface area contributed by atoms with Gasteiger partial charge in [-0.3, -0.25) is 5.43 Å². The van der Waals surface area contributed by atoms with Gasteiger partial charge in [0.05, 0.1) is 7.11 Å². The minimum atomic E-state index is -0.654. The molecule has 13 heavy (non-hydrogen) atoms. The second kappa shape index (κ2) is 4.04. The van der Waals surface area contributed by atoms with Crippen molar-refractivity contribution in [2.45, 2.75) is 0 Å². The Labute approximate surface area is 73.5 Å². The molecule has 0 saturated carbocycles. The second-order valence-electron chi connectivity index (χ2n) is 1.91. The number of hydrogen-bond acceptors (Lipinski definition) is 7. The van der Waals surface area contributed by atoms with E-state index in [1.165, 1.54) is 13.4 Å². The number of nitrogens with one attached hydrogen (secondary N) is 2. The van der Waals surface area contributed by atoms with Gasteiger partial charge in [-0.15, -0.1) is 0 Å². The zero-order valence-corrected chi connectivity index (χ0v) is 6.81. The van der Waals surface area contributed by atoms with Crippen LogP contribution in [-0.4, -0.2) is 28.2 Å². The van der Waals surface area contributed by atoms with Gasteiger partial charge >= 0.3 is 6.09 Å². The molecule has 0 fully saturated rings. The van der Waals surface area contributed by atoms with Crippen molar-refractivity contribution in [3.05, 3.63) is 6.33 Å². The van der Waals surface area contributed by atoms with Crippen LogP contribution in [0.25, 0.3) is 0 Å². The Bertz CT molecular complexity index is 303.